The molecule has 0 radical (unpaired) electrons. The molecule has 1 saturated heterocycles. The van der Waals surface area contributed by atoms with Crippen LogP contribution in [0, 0.1) is 0 Å². The van der Waals surface area contributed by atoms with Crippen molar-refractivity contribution in [2.45, 2.75) is 12.5 Å². The number of nitrogens with zero attached hydrogens (tertiary/aromatic N) is 2. The molecule has 0 saturated carbocycles. The first kappa shape index (κ1) is 18.9. The highest BCUT2D eigenvalue weighted by atomic mass is 32.2. The van der Waals surface area contributed by atoms with E-state index in [1.807, 2.05) is 0 Å². The van der Waals surface area contributed by atoms with Gasteiger partial charge < -0.3 is 20.1 Å². The Kier molecular flexibility index (Phi) is 5.45. The molecule has 1 fully saturated rings. The molecule has 10 heteroatoms. The molecule has 144 valence electrons. The van der Waals surface area contributed by atoms with Crippen LogP contribution in [-0.4, -0.2) is 56.1 Å². The minimum Gasteiger partial charge on any atom is -0.497 e. The molecule has 1 amide bonds. The van der Waals surface area contributed by atoms with E-state index in [-0.39, 0.29) is 23.2 Å². The number of carbonyl (C=O) groups is 1. The van der Waals surface area contributed by atoms with E-state index in [9.17, 15) is 13.2 Å². The zero-order valence-electron chi connectivity index (χ0n) is 14.9. The number of methoxy groups -OCH3 is 2. The van der Waals surface area contributed by atoms with Gasteiger partial charge in [-0.25, -0.2) is 18.4 Å². The summed E-state index contributed by atoms with van der Waals surface area (Å²) in [5.74, 6) is 1.27. The highest BCUT2D eigenvalue weighted by molar-refractivity contribution is 7.91. The topological polar surface area (TPSA) is 120 Å². The van der Waals surface area contributed by atoms with Crippen molar-refractivity contribution < 1.29 is 22.7 Å². The van der Waals surface area contributed by atoms with E-state index in [1.165, 1.54) is 26.6 Å². The first-order valence-electron chi connectivity index (χ1n) is 8.22. The summed E-state index contributed by atoms with van der Waals surface area (Å²) in [6, 6.07) is 4.85. The second-order valence-electron chi connectivity index (χ2n) is 6.05. The molecule has 2 heterocycles. The molecule has 0 bridgehead atoms. The van der Waals surface area contributed by atoms with Gasteiger partial charge in [0, 0.05) is 12.1 Å². The number of aromatic nitrogens is 2. The van der Waals surface area contributed by atoms with Gasteiger partial charge in [-0.05, 0) is 18.6 Å². The molecule has 27 heavy (non-hydrogen) atoms. The van der Waals surface area contributed by atoms with Crippen molar-refractivity contribution in [1.82, 2.24) is 9.97 Å². The summed E-state index contributed by atoms with van der Waals surface area (Å²) in [5, 5.41) is 5.73. The van der Waals surface area contributed by atoms with Crippen LogP contribution in [0.2, 0.25) is 0 Å². The van der Waals surface area contributed by atoms with Crippen LogP contribution in [0.5, 0.6) is 11.5 Å². The highest BCUT2D eigenvalue weighted by Crippen LogP contribution is 2.29. The third kappa shape index (κ3) is 4.64. The Morgan fingerprint density at radius 1 is 1.19 bits per heavy atom. The van der Waals surface area contributed by atoms with E-state index in [2.05, 4.69) is 20.6 Å². The molecule has 0 spiro atoms. The van der Waals surface area contributed by atoms with Crippen molar-refractivity contribution in [2.75, 3.05) is 36.4 Å². The molecular weight excluding hydrogens is 372 g/mol. The number of benzene rings is 1. The Labute approximate surface area is 157 Å². The Morgan fingerprint density at radius 3 is 2.59 bits per heavy atom. The minimum absolute atomic E-state index is 0.0759. The fourth-order valence-corrected chi connectivity index (χ4v) is 4.41. The first-order valence-corrected chi connectivity index (χ1v) is 10.0. The minimum atomic E-state index is -2.98. The smallest absolute Gasteiger partial charge is 0.275 e. The number of hydrogen-bond acceptors (Lipinski definition) is 8. The van der Waals surface area contributed by atoms with Crippen LogP contribution in [0.1, 0.15) is 16.9 Å². The summed E-state index contributed by atoms with van der Waals surface area (Å²) < 4.78 is 33.4. The summed E-state index contributed by atoms with van der Waals surface area (Å²) in [4.78, 5) is 20.6. The van der Waals surface area contributed by atoms with Gasteiger partial charge in [0.05, 0.1) is 43.8 Å². The standard InChI is InChI=1S/C17H20N4O5S/c1-25-12-3-4-15(26-2)13(7-12)21-17(22)14-8-19-16(9-18-14)20-11-5-6-27(23,24)10-11/h3-4,7-9,11H,5-6,10H2,1-2H3,(H,19,20)(H,21,22). The predicted octanol–water partition coefficient (Wildman–Crippen LogP) is 1.35. The molecule has 2 aromatic rings. The number of hydrogen-bond donors (Lipinski definition) is 2. The van der Waals surface area contributed by atoms with Gasteiger partial charge in [-0.3, -0.25) is 4.79 Å². The van der Waals surface area contributed by atoms with Gasteiger partial charge in [0.2, 0.25) is 0 Å². The Bertz CT molecular complexity index is 931. The van der Waals surface area contributed by atoms with Gasteiger partial charge in [-0.2, -0.15) is 0 Å². The van der Waals surface area contributed by atoms with Crippen molar-refractivity contribution in [3.63, 3.8) is 0 Å². The van der Waals surface area contributed by atoms with E-state index in [0.717, 1.165) is 0 Å². The molecule has 1 aliphatic rings. The number of rotatable bonds is 6. The number of ether oxygens (including phenoxy) is 2. The Balaban J connectivity index is 1.67. The van der Waals surface area contributed by atoms with Crippen LogP contribution in [-0.2, 0) is 9.84 Å². The second kappa shape index (κ2) is 7.78. The van der Waals surface area contributed by atoms with Crippen LogP contribution in [0.25, 0.3) is 0 Å². The molecule has 0 aliphatic carbocycles. The van der Waals surface area contributed by atoms with Crippen molar-refractivity contribution in [1.29, 1.82) is 0 Å². The number of sulfone groups is 1. The van der Waals surface area contributed by atoms with Crippen LogP contribution in [0.15, 0.2) is 30.6 Å². The van der Waals surface area contributed by atoms with Crippen molar-refractivity contribution in [2.24, 2.45) is 0 Å². The van der Waals surface area contributed by atoms with E-state index in [4.69, 9.17) is 9.47 Å². The summed E-state index contributed by atoms with van der Waals surface area (Å²) in [5.41, 5.74) is 0.562. The van der Waals surface area contributed by atoms with Crippen LogP contribution in [0.4, 0.5) is 11.5 Å². The number of nitrogens with one attached hydrogen (secondary N) is 2. The predicted molar refractivity (Wildman–Crippen MR) is 100 cm³/mol. The maximum atomic E-state index is 12.4. The fourth-order valence-electron chi connectivity index (χ4n) is 2.74. The van der Waals surface area contributed by atoms with Crippen LogP contribution < -0.4 is 20.1 Å². The van der Waals surface area contributed by atoms with E-state index in [1.54, 1.807) is 18.2 Å². The molecule has 2 N–H and O–H groups in total. The van der Waals surface area contributed by atoms with E-state index >= 15 is 0 Å². The van der Waals surface area contributed by atoms with Crippen molar-refractivity contribution in [3.8, 4) is 11.5 Å². The fraction of sp³-hybridized carbons (Fsp3) is 0.353. The van der Waals surface area contributed by atoms with Crippen molar-refractivity contribution >= 4 is 27.2 Å². The van der Waals surface area contributed by atoms with E-state index < -0.39 is 15.7 Å². The Morgan fingerprint density at radius 2 is 2.00 bits per heavy atom. The monoisotopic (exact) mass is 392 g/mol. The van der Waals surface area contributed by atoms with Gasteiger partial charge in [-0.15, -0.1) is 0 Å². The SMILES string of the molecule is COc1ccc(OC)c(NC(=O)c2cnc(NC3CCS(=O)(=O)C3)cn2)c1. The quantitative estimate of drug-likeness (QED) is 0.756. The first-order chi connectivity index (χ1) is 12.9. The van der Waals surface area contributed by atoms with Gasteiger partial charge in [0.25, 0.3) is 5.91 Å². The number of carbonyl (C=O) groups excluding carboxylic acids is 1. The average molecular weight is 392 g/mol. The van der Waals surface area contributed by atoms with Crippen molar-refractivity contribution in [3.05, 3.63) is 36.3 Å². The lowest BCUT2D eigenvalue weighted by molar-refractivity contribution is 0.102. The molecule has 3 rings (SSSR count). The van der Waals surface area contributed by atoms with Gasteiger partial charge >= 0.3 is 0 Å². The van der Waals surface area contributed by atoms with E-state index in [0.29, 0.717) is 29.4 Å². The van der Waals surface area contributed by atoms with Gasteiger partial charge in [-0.1, -0.05) is 0 Å². The molecule has 1 unspecified atom stereocenters. The van der Waals surface area contributed by atoms with Crippen LogP contribution >= 0.6 is 0 Å². The number of anilines is 2. The van der Waals surface area contributed by atoms with Gasteiger partial charge in [0.1, 0.15) is 23.0 Å². The molecule has 1 aromatic carbocycles. The summed E-state index contributed by atoms with van der Waals surface area (Å²) in [6.07, 6.45) is 3.26. The maximum absolute atomic E-state index is 12.4. The molecule has 1 atom stereocenters. The summed E-state index contributed by atoms with van der Waals surface area (Å²) in [7, 11) is 0.0478. The highest BCUT2D eigenvalue weighted by Gasteiger charge is 2.28. The third-order valence-electron chi connectivity index (χ3n) is 4.12. The third-order valence-corrected chi connectivity index (χ3v) is 5.89. The second-order valence-corrected chi connectivity index (χ2v) is 8.28. The molecule has 1 aliphatic heterocycles. The van der Waals surface area contributed by atoms with Crippen LogP contribution in [0.3, 0.4) is 0 Å². The lowest BCUT2D eigenvalue weighted by atomic mass is 10.2. The maximum Gasteiger partial charge on any atom is 0.275 e. The Hall–Kier alpha value is -2.88. The molecular formula is C17H20N4O5S. The summed E-state index contributed by atoms with van der Waals surface area (Å²) >= 11 is 0. The molecule has 1 aromatic heterocycles. The largest absolute Gasteiger partial charge is 0.497 e. The average Bonchev–Trinajstić information content (AvgIpc) is 3.00. The zero-order valence-corrected chi connectivity index (χ0v) is 15.7. The zero-order chi connectivity index (χ0) is 19.4. The molecule has 9 nitrogen and oxygen atoms in total. The lowest BCUT2D eigenvalue weighted by Gasteiger charge is -2.12. The summed E-state index contributed by atoms with van der Waals surface area (Å²) in [6.45, 7) is 0. The normalized spacial score (nSPS) is 17.9. The number of amides is 1. The van der Waals surface area contributed by atoms with Gasteiger partial charge in [0.15, 0.2) is 9.84 Å². The lowest BCUT2D eigenvalue weighted by Crippen LogP contribution is -2.22.